The van der Waals surface area contributed by atoms with Gasteiger partial charge in [0.25, 0.3) is 0 Å². The van der Waals surface area contributed by atoms with Gasteiger partial charge >= 0.3 is 5.97 Å². The lowest BCUT2D eigenvalue weighted by atomic mass is 10.2. The molecule has 84 valence electrons. The van der Waals surface area contributed by atoms with Crippen molar-refractivity contribution in [2.45, 2.75) is 37.5 Å². The summed E-state index contributed by atoms with van der Waals surface area (Å²) in [5.74, 6) is -0.545. The number of carboxylic acid groups (broad SMARTS) is 1. The molecule has 2 atom stereocenters. The van der Waals surface area contributed by atoms with Gasteiger partial charge in [0.05, 0.1) is 0 Å². The molecule has 0 fully saturated rings. The maximum Gasteiger partial charge on any atom is 0.321 e. The van der Waals surface area contributed by atoms with Crippen molar-refractivity contribution in [3.05, 3.63) is 0 Å². The zero-order valence-electron chi connectivity index (χ0n) is 8.48. The summed E-state index contributed by atoms with van der Waals surface area (Å²) < 4.78 is 0. The van der Waals surface area contributed by atoms with Crippen LogP contribution in [0.2, 0.25) is 0 Å². The van der Waals surface area contributed by atoms with Crippen molar-refractivity contribution in [2.75, 3.05) is 12.4 Å². The number of carbonyl (C=O) groups is 1. The molecule has 0 aliphatic heterocycles. The average Bonchev–Trinajstić information content (AvgIpc) is 2.14. The molecule has 0 amide bonds. The second-order valence-corrected chi connectivity index (χ2v) is 4.53. The molecule has 0 saturated carbocycles. The molecule has 0 heterocycles. The minimum atomic E-state index is -0.961. The predicted octanol–water partition coefficient (Wildman–Crippen LogP) is 0.683. The van der Waals surface area contributed by atoms with Crippen molar-refractivity contribution in [1.82, 2.24) is 0 Å². The molecule has 0 aromatic heterocycles. The highest BCUT2D eigenvalue weighted by Crippen LogP contribution is 2.20. The van der Waals surface area contributed by atoms with Gasteiger partial charge in [-0.1, -0.05) is 13.3 Å². The molecule has 0 radical (unpaired) electrons. The molecule has 0 bridgehead atoms. The maximum absolute atomic E-state index is 10.4. The number of hydrogen-bond acceptors (Lipinski definition) is 4. The largest absolute Gasteiger partial charge is 0.480 e. The molecule has 2 unspecified atom stereocenters. The van der Waals surface area contributed by atoms with Crippen molar-refractivity contribution in [3.8, 4) is 0 Å². The number of aliphatic hydroxyl groups is 1. The molecule has 14 heavy (non-hydrogen) atoms. The second-order valence-electron chi connectivity index (χ2n) is 3.20. The van der Waals surface area contributed by atoms with Crippen LogP contribution in [-0.2, 0) is 4.79 Å². The highest BCUT2D eigenvalue weighted by Gasteiger charge is 2.15. The van der Waals surface area contributed by atoms with Crippen LogP contribution in [0.5, 0.6) is 0 Å². The van der Waals surface area contributed by atoms with Gasteiger partial charge in [-0.25, -0.2) is 0 Å². The third kappa shape index (κ3) is 6.23. The van der Waals surface area contributed by atoms with Crippen LogP contribution < -0.4 is 5.73 Å². The van der Waals surface area contributed by atoms with E-state index in [0.29, 0.717) is 17.4 Å². The Balaban J connectivity index is 3.74. The molecule has 4 N–H and O–H groups in total. The number of aliphatic carboxylic acids is 1. The van der Waals surface area contributed by atoms with E-state index in [2.05, 4.69) is 6.92 Å². The topological polar surface area (TPSA) is 83.5 Å². The fourth-order valence-corrected chi connectivity index (χ4v) is 2.38. The fourth-order valence-electron chi connectivity index (χ4n) is 1.09. The van der Waals surface area contributed by atoms with Crippen molar-refractivity contribution in [2.24, 2.45) is 5.73 Å². The molecule has 0 saturated heterocycles. The van der Waals surface area contributed by atoms with Crippen LogP contribution in [0.15, 0.2) is 0 Å². The average molecular weight is 221 g/mol. The van der Waals surface area contributed by atoms with E-state index in [-0.39, 0.29) is 6.61 Å². The maximum atomic E-state index is 10.4. The predicted molar refractivity (Wildman–Crippen MR) is 58.5 cm³/mol. The van der Waals surface area contributed by atoms with E-state index < -0.39 is 12.0 Å². The lowest BCUT2D eigenvalue weighted by molar-refractivity contribution is -0.137. The van der Waals surface area contributed by atoms with Crippen LogP contribution in [-0.4, -0.2) is 39.8 Å². The van der Waals surface area contributed by atoms with E-state index in [1.807, 2.05) is 0 Å². The Morgan fingerprint density at radius 1 is 1.50 bits per heavy atom. The third-order valence-corrected chi connectivity index (χ3v) is 3.38. The Bertz CT molecular complexity index is 160. The number of rotatable bonds is 8. The summed E-state index contributed by atoms with van der Waals surface area (Å²) in [6.45, 7) is 2.22. The lowest BCUT2D eigenvalue weighted by Gasteiger charge is -2.15. The van der Waals surface area contributed by atoms with E-state index in [1.54, 1.807) is 11.8 Å². The van der Waals surface area contributed by atoms with E-state index in [4.69, 9.17) is 15.9 Å². The second kappa shape index (κ2) is 8.08. The van der Waals surface area contributed by atoms with E-state index in [1.165, 1.54) is 0 Å². The van der Waals surface area contributed by atoms with Crippen molar-refractivity contribution in [3.63, 3.8) is 0 Å². The number of nitrogens with two attached hydrogens (primary N) is 1. The van der Waals surface area contributed by atoms with Gasteiger partial charge in [0.15, 0.2) is 0 Å². The van der Waals surface area contributed by atoms with Crippen LogP contribution in [0.3, 0.4) is 0 Å². The zero-order chi connectivity index (χ0) is 11.0. The first-order chi connectivity index (χ1) is 6.61. The van der Waals surface area contributed by atoms with Crippen molar-refractivity contribution >= 4 is 17.7 Å². The molecular formula is C9H19NO3S. The van der Waals surface area contributed by atoms with Crippen LogP contribution in [0.1, 0.15) is 26.2 Å². The summed E-state index contributed by atoms with van der Waals surface area (Å²) in [6.07, 6.45) is 2.75. The van der Waals surface area contributed by atoms with Crippen LogP contribution in [0.4, 0.5) is 0 Å². The van der Waals surface area contributed by atoms with Gasteiger partial charge < -0.3 is 15.9 Å². The lowest BCUT2D eigenvalue weighted by Crippen LogP contribution is -2.33. The van der Waals surface area contributed by atoms with Gasteiger partial charge in [0, 0.05) is 17.6 Å². The SMILES string of the molecule is CCCC(CCO)SCC(N)C(=O)O. The Kier molecular flexibility index (Phi) is 7.93. The first kappa shape index (κ1) is 13.7. The summed E-state index contributed by atoms with van der Waals surface area (Å²) in [7, 11) is 0. The van der Waals surface area contributed by atoms with Gasteiger partial charge in [-0.2, -0.15) is 11.8 Å². The Hall–Kier alpha value is -0.260. The molecule has 4 nitrogen and oxygen atoms in total. The van der Waals surface area contributed by atoms with Crippen LogP contribution >= 0.6 is 11.8 Å². The van der Waals surface area contributed by atoms with E-state index >= 15 is 0 Å². The first-order valence-corrected chi connectivity index (χ1v) is 5.87. The quantitative estimate of drug-likeness (QED) is 0.561. The normalized spacial score (nSPS) is 15.1. The van der Waals surface area contributed by atoms with Crippen LogP contribution in [0.25, 0.3) is 0 Å². The van der Waals surface area contributed by atoms with E-state index in [0.717, 1.165) is 12.8 Å². The monoisotopic (exact) mass is 221 g/mol. The standard InChI is InChI=1S/C9H19NO3S/c1-2-3-7(4-5-11)14-6-8(10)9(12)13/h7-8,11H,2-6,10H2,1H3,(H,12,13). The Labute approximate surface area is 88.9 Å². The van der Waals surface area contributed by atoms with Crippen LogP contribution in [0, 0.1) is 0 Å². The molecule has 0 aliphatic carbocycles. The Morgan fingerprint density at radius 3 is 2.57 bits per heavy atom. The molecule has 0 spiro atoms. The summed E-state index contributed by atoms with van der Waals surface area (Å²) in [4.78, 5) is 10.4. The highest BCUT2D eigenvalue weighted by molar-refractivity contribution is 7.99. The minimum Gasteiger partial charge on any atom is -0.480 e. The summed E-state index contributed by atoms with van der Waals surface area (Å²) in [5.41, 5.74) is 5.37. The number of hydrogen-bond donors (Lipinski definition) is 3. The fraction of sp³-hybridized carbons (Fsp3) is 0.889. The minimum absolute atomic E-state index is 0.153. The van der Waals surface area contributed by atoms with Crippen molar-refractivity contribution < 1.29 is 15.0 Å². The molecule has 0 aromatic carbocycles. The molecule has 0 aromatic rings. The van der Waals surface area contributed by atoms with Gasteiger partial charge in [-0.15, -0.1) is 0 Å². The third-order valence-electron chi connectivity index (χ3n) is 1.89. The van der Waals surface area contributed by atoms with Gasteiger partial charge in [0.2, 0.25) is 0 Å². The molecule has 0 rings (SSSR count). The molecule has 0 aliphatic rings. The van der Waals surface area contributed by atoms with E-state index in [9.17, 15) is 4.79 Å². The first-order valence-electron chi connectivity index (χ1n) is 4.82. The Morgan fingerprint density at radius 2 is 2.14 bits per heavy atom. The molecule has 5 heteroatoms. The summed E-state index contributed by atoms with van der Waals surface area (Å²) >= 11 is 1.54. The number of aliphatic hydroxyl groups excluding tert-OH is 1. The smallest absolute Gasteiger partial charge is 0.321 e. The summed E-state index contributed by atoms with van der Waals surface area (Å²) in [5, 5.41) is 17.7. The summed E-state index contributed by atoms with van der Waals surface area (Å²) in [6, 6.07) is -0.793. The number of thioether (sulfide) groups is 1. The van der Waals surface area contributed by atoms with Gasteiger partial charge in [-0.05, 0) is 12.8 Å². The van der Waals surface area contributed by atoms with Gasteiger partial charge in [0.1, 0.15) is 6.04 Å². The highest BCUT2D eigenvalue weighted by atomic mass is 32.2. The zero-order valence-corrected chi connectivity index (χ0v) is 9.30. The number of carboxylic acids is 1. The molecular weight excluding hydrogens is 202 g/mol. The van der Waals surface area contributed by atoms with Crippen molar-refractivity contribution in [1.29, 1.82) is 0 Å². The van der Waals surface area contributed by atoms with Gasteiger partial charge in [-0.3, -0.25) is 4.79 Å².